The molecule has 164 valence electrons. The number of rotatable bonds is 6. The topological polar surface area (TPSA) is 70.6 Å². The zero-order valence-corrected chi connectivity index (χ0v) is 18.3. The number of likely N-dealkylation sites (tertiary alicyclic amines) is 1. The van der Waals surface area contributed by atoms with Gasteiger partial charge in [0.05, 0.1) is 29.5 Å². The minimum Gasteiger partial charge on any atom is -0.442 e. The first-order valence-corrected chi connectivity index (χ1v) is 10.9. The fourth-order valence-electron chi connectivity index (χ4n) is 4.15. The van der Waals surface area contributed by atoms with E-state index in [0.717, 1.165) is 38.2 Å². The average molecular weight is 444 g/mol. The van der Waals surface area contributed by atoms with Crippen LogP contribution in [0.4, 0.5) is 14.9 Å². The first-order chi connectivity index (χ1) is 15.0. The van der Waals surface area contributed by atoms with Crippen LogP contribution in [0, 0.1) is 5.82 Å². The number of piperidine rings is 1. The highest BCUT2D eigenvalue weighted by atomic mass is 32.1. The van der Waals surface area contributed by atoms with Crippen LogP contribution in [0.2, 0.25) is 0 Å². The fraction of sp³-hybridized carbons (Fsp3) is 0.455. The molecular weight excluding hydrogens is 417 g/mol. The number of carbonyl (C=O) groups excluding carboxylic acids is 1. The highest BCUT2D eigenvalue weighted by Gasteiger charge is 2.33. The van der Waals surface area contributed by atoms with Crippen molar-refractivity contribution in [2.24, 2.45) is 0 Å². The van der Waals surface area contributed by atoms with Crippen molar-refractivity contribution in [2.45, 2.75) is 38.3 Å². The summed E-state index contributed by atoms with van der Waals surface area (Å²) in [4.78, 5) is 25.1. The third kappa shape index (κ3) is 5.34. The fourth-order valence-corrected chi connectivity index (χ4v) is 4.24. The molecule has 0 radical (unpaired) electrons. The van der Waals surface area contributed by atoms with E-state index in [1.807, 2.05) is 12.1 Å². The molecule has 1 atom stereocenters. The SMILES string of the molecule is CC(=S)NCC1CN(c2ccc(C3CCN(Cc4cnccn4)CC3)c(F)c2)C(=O)O1. The van der Waals surface area contributed by atoms with Crippen LogP contribution in [0.5, 0.6) is 0 Å². The molecule has 4 rings (SSSR count). The Morgan fingerprint density at radius 3 is 2.81 bits per heavy atom. The van der Waals surface area contributed by atoms with E-state index < -0.39 is 6.09 Å². The number of nitrogens with zero attached hydrogens (tertiary/aromatic N) is 4. The molecule has 7 nitrogen and oxygen atoms in total. The van der Waals surface area contributed by atoms with Gasteiger partial charge in [0, 0.05) is 25.1 Å². The number of anilines is 1. The predicted octanol–water partition coefficient (Wildman–Crippen LogP) is 3.26. The van der Waals surface area contributed by atoms with Crippen LogP contribution in [-0.2, 0) is 11.3 Å². The van der Waals surface area contributed by atoms with Gasteiger partial charge >= 0.3 is 6.09 Å². The van der Waals surface area contributed by atoms with Crippen molar-refractivity contribution in [1.29, 1.82) is 0 Å². The van der Waals surface area contributed by atoms with Crippen molar-refractivity contribution in [3.05, 3.63) is 53.9 Å². The van der Waals surface area contributed by atoms with Crippen LogP contribution in [0.1, 0.15) is 36.9 Å². The largest absolute Gasteiger partial charge is 0.442 e. The molecule has 9 heteroatoms. The van der Waals surface area contributed by atoms with E-state index >= 15 is 0 Å². The Hall–Kier alpha value is -2.65. The maximum atomic E-state index is 15.0. The smallest absolute Gasteiger partial charge is 0.414 e. The summed E-state index contributed by atoms with van der Waals surface area (Å²) in [6.45, 7) is 5.12. The number of aromatic nitrogens is 2. The zero-order valence-electron chi connectivity index (χ0n) is 17.5. The van der Waals surface area contributed by atoms with Crippen molar-refractivity contribution >= 4 is 29.0 Å². The summed E-state index contributed by atoms with van der Waals surface area (Å²) >= 11 is 4.99. The van der Waals surface area contributed by atoms with E-state index in [1.165, 1.54) is 11.0 Å². The summed E-state index contributed by atoms with van der Waals surface area (Å²) in [6.07, 6.45) is 6.14. The van der Waals surface area contributed by atoms with Crippen LogP contribution in [0.3, 0.4) is 0 Å². The van der Waals surface area contributed by atoms with Gasteiger partial charge in [0.2, 0.25) is 0 Å². The lowest BCUT2D eigenvalue weighted by Crippen LogP contribution is -2.33. The molecule has 2 aromatic rings. The van der Waals surface area contributed by atoms with Crippen LogP contribution in [-0.4, -0.2) is 58.2 Å². The lowest BCUT2D eigenvalue weighted by molar-refractivity contribution is 0.143. The van der Waals surface area contributed by atoms with Crippen LogP contribution in [0.25, 0.3) is 0 Å². The van der Waals surface area contributed by atoms with Crippen molar-refractivity contribution in [1.82, 2.24) is 20.2 Å². The summed E-state index contributed by atoms with van der Waals surface area (Å²) in [6, 6.07) is 5.07. The van der Waals surface area contributed by atoms with Crippen LogP contribution >= 0.6 is 12.2 Å². The molecule has 0 saturated carbocycles. The van der Waals surface area contributed by atoms with Crippen LogP contribution in [0.15, 0.2) is 36.8 Å². The van der Waals surface area contributed by atoms with Crippen molar-refractivity contribution in [3.8, 4) is 0 Å². The number of ether oxygens (including phenoxy) is 1. The number of carbonyl (C=O) groups is 1. The van der Waals surface area contributed by atoms with Gasteiger partial charge in [0.1, 0.15) is 11.9 Å². The molecular formula is C22H26FN5O2S. The van der Waals surface area contributed by atoms with E-state index in [0.29, 0.717) is 29.3 Å². The first-order valence-electron chi connectivity index (χ1n) is 10.5. The molecule has 2 saturated heterocycles. The van der Waals surface area contributed by atoms with Gasteiger partial charge in [0.25, 0.3) is 0 Å². The molecule has 1 aromatic heterocycles. The maximum absolute atomic E-state index is 15.0. The molecule has 1 N–H and O–H groups in total. The molecule has 31 heavy (non-hydrogen) atoms. The molecule has 0 spiro atoms. The Morgan fingerprint density at radius 1 is 1.32 bits per heavy atom. The normalized spacial score (nSPS) is 20.0. The number of amides is 1. The number of thiocarbonyl (C=S) groups is 1. The quantitative estimate of drug-likeness (QED) is 0.687. The van der Waals surface area contributed by atoms with Crippen LogP contribution < -0.4 is 10.2 Å². The van der Waals surface area contributed by atoms with Gasteiger partial charge in [-0.3, -0.25) is 19.8 Å². The minimum atomic E-state index is -0.460. The second-order valence-electron chi connectivity index (χ2n) is 8.01. The van der Waals surface area contributed by atoms with Crippen molar-refractivity contribution in [2.75, 3.05) is 31.1 Å². The Kier molecular flexibility index (Phi) is 6.72. The highest BCUT2D eigenvalue weighted by Crippen LogP contribution is 2.33. The molecule has 3 heterocycles. The molecule has 1 amide bonds. The minimum absolute atomic E-state index is 0.167. The highest BCUT2D eigenvalue weighted by molar-refractivity contribution is 7.80. The Bertz CT molecular complexity index is 937. The number of nitrogens with one attached hydrogen (secondary N) is 1. The second kappa shape index (κ2) is 9.65. The van der Waals surface area contributed by atoms with Gasteiger partial charge in [-0.05, 0) is 56.5 Å². The Balaban J connectivity index is 1.35. The number of hydrogen-bond donors (Lipinski definition) is 1. The van der Waals surface area contributed by atoms with Gasteiger partial charge in [0.15, 0.2) is 0 Å². The first kappa shape index (κ1) is 21.6. The molecule has 1 unspecified atom stereocenters. The molecule has 2 aliphatic rings. The van der Waals surface area contributed by atoms with E-state index in [9.17, 15) is 9.18 Å². The molecule has 2 aliphatic heterocycles. The molecule has 2 fully saturated rings. The second-order valence-corrected chi connectivity index (χ2v) is 8.62. The Morgan fingerprint density at radius 2 is 2.13 bits per heavy atom. The van der Waals surface area contributed by atoms with Crippen molar-refractivity contribution in [3.63, 3.8) is 0 Å². The molecule has 0 aliphatic carbocycles. The lowest BCUT2D eigenvalue weighted by atomic mass is 9.89. The summed E-state index contributed by atoms with van der Waals surface area (Å²) < 4.78 is 20.3. The zero-order chi connectivity index (χ0) is 21.8. The number of halogens is 1. The average Bonchev–Trinajstić information content (AvgIpc) is 3.14. The van der Waals surface area contributed by atoms with Gasteiger partial charge in [-0.2, -0.15) is 0 Å². The lowest BCUT2D eigenvalue weighted by Gasteiger charge is -2.32. The predicted molar refractivity (Wildman–Crippen MR) is 120 cm³/mol. The van der Waals surface area contributed by atoms with Gasteiger partial charge < -0.3 is 10.1 Å². The Labute approximate surface area is 186 Å². The summed E-state index contributed by atoms with van der Waals surface area (Å²) in [5.41, 5.74) is 2.18. The summed E-state index contributed by atoms with van der Waals surface area (Å²) in [7, 11) is 0. The van der Waals surface area contributed by atoms with Gasteiger partial charge in [-0.15, -0.1) is 0 Å². The van der Waals surface area contributed by atoms with E-state index in [1.54, 1.807) is 25.5 Å². The maximum Gasteiger partial charge on any atom is 0.414 e. The standard InChI is InChI=1S/C22H26FN5O2S/c1-15(31)26-12-19-14-28(22(29)30-19)18-2-3-20(21(23)10-18)16-4-8-27(9-5-16)13-17-11-24-6-7-25-17/h2-3,6-7,10-11,16,19H,4-5,8-9,12-14H2,1H3,(H,26,31). The van der Waals surface area contributed by atoms with E-state index in [-0.39, 0.29) is 17.8 Å². The van der Waals surface area contributed by atoms with Crippen molar-refractivity contribution < 1.29 is 13.9 Å². The summed E-state index contributed by atoms with van der Waals surface area (Å²) in [5, 5.41) is 3.00. The monoisotopic (exact) mass is 443 g/mol. The number of hydrogen-bond acceptors (Lipinski definition) is 6. The van der Waals surface area contributed by atoms with Gasteiger partial charge in [-0.25, -0.2) is 9.18 Å². The van der Waals surface area contributed by atoms with E-state index in [2.05, 4.69) is 20.2 Å². The number of benzene rings is 1. The van der Waals surface area contributed by atoms with Gasteiger partial charge in [-0.1, -0.05) is 18.3 Å². The summed E-state index contributed by atoms with van der Waals surface area (Å²) in [5.74, 6) is -0.103. The molecule has 0 bridgehead atoms. The number of cyclic esters (lactones) is 1. The third-order valence-corrected chi connectivity index (χ3v) is 5.92. The van der Waals surface area contributed by atoms with E-state index in [4.69, 9.17) is 17.0 Å². The molecule has 1 aromatic carbocycles. The third-order valence-electron chi connectivity index (χ3n) is 5.78.